The topological polar surface area (TPSA) is 73.3 Å². The SMILES string of the molecule is CC(C)(C)Cc1ccc2nc(N)c3ccccc3c2c1.CC(C)c1cc(C(C)C)c(-c2cnc3c4ccccc4c4cc(CC(C)(C)C)ccc4n23)c(C(C)C)c1.CC(C)c1cc(C(C)C)c(C(Br)C=O)c(C(C)C)c1. The minimum atomic E-state index is -0.205. The van der Waals surface area contributed by atoms with Crippen molar-refractivity contribution in [1.29, 1.82) is 0 Å². The molecule has 0 bridgehead atoms. The first-order valence-corrected chi connectivity index (χ1v) is 28.9. The number of carbonyl (C=O) groups is 1. The lowest BCUT2D eigenvalue weighted by atomic mass is 9.83. The molecule has 1 unspecified atom stereocenters. The predicted molar refractivity (Wildman–Crippen MR) is 334 cm³/mol. The monoisotopic (exact) mass is 1080 g/mol. The van der Waals surface area contributed by atoms with E-state index >= 15 is 0 Å². The van der Waals surface area contributed by atoms with E-state index in [9.17, 15) is 4.79 Å². The van der Waals surface area contributed by atoms with Crippen molar-refractivity contribution < 1.29 is 4.79 Å². The van der Waals surface area contributed by atoms with Gasteiger partial charge in [0.25, 0.3) is 0 Å². The molecule has 9 aromatic rings. The zero-order chi connectivity index (χ0) is 55.7. The second-order valence-corrected chi connectivity index (χ2v) is 26.7. The van der Waals surface area contributed by atoms with Crippen molar-refractivity contribution in [3.05, 3.63) is 165 Å². The number of imidazole rings is 1. The van der Waals surface area contributed by atoms with Gasteiger partial charge in [0.15, 0.2) is 0 Å². The van der Waals surface area contributed by atoms with Crippen molar-refractivity contribution >= 4 is 77.0 Å². The van der Waals surface area contributed by atoms with E-state index in [1.54, 1.807) is 0 Å². The van der Waals surface area contributed by atoms with Crippen LogP contribution in [0.5, 0.6) is 0 Å². The molecule has 0 saturated carbocycles. The van der Waals surface area contributed by atoms with Gasteiger partial charge in [-0.25, -0.2) is 9.97 Å². The fourth-order valence-corrected chi connectivity index (χ4v) is 11.5. The summed E-state index contributed by atoms with van der Waals surface area (Å²) in [6.45, 7) is 40.8. The van der Waals surface area contributed by atoms with Crippen molar-refractivity contribution in [3.63, 3.8) is 0 Å². The minimum absolute atomic E-state index is 0.205. The number of hydrogen-bond donors (Lipinski definition) is 1. The maximum absolute atomic E-state index is 11.2. The molecule has 400 valence electrons. The van der Waals surface area contributed by atoms with Crippen LogP contribution in [0.3, 0.4) is 0 Å². The van der Waals surface area contributed by atoms with Gasteiger partial charge in [0, 0.05) is 27.1 Å². The number of aromatic nitrogens is 3. The number of hydrogen-bond acceptors (Lipinski definition) is 4. The van der Waals surface area contributed by atoms with E-state index < -0.39 is 0 Å². The standard InChI is InChI=1S/C35H42N2.C18H20N2.C17H25BrO/c1-21(2)25-17-28(22(3)4)33(29(18-25)23(5)6)32-20-36-34-27-13-11-10-12-26(27)30-16-24(19-35(7,8)9)14-15-31(30)37(32)34;1-18(2,3)11-12-8-9-16-15(10-12)13-6-4-5-7-14(13)17(19)20-16;1-10(2)13-7-14(11(3)4)17(16(18)9-19)15(8-13)12(5)6/h10-18,20-23H,19H2,1-9H3;4-10H,11H2,1-3H3,(H2,19,20);7-12,16H,1-6H3. The molecule has 3 aromatic heterocycles. The molecular formula is C70H87BrN4O. The van der Waals surface area contributed by atoms with Crippen molar-refractivity contribution in [1.82, 2.24) is 14.4 Å². The number of benzene rings is 6. The van der Waals surface area contributed by atoms with Crippen molar-refractivity contribution in [2.75, 3.05) is 5.73 Å². The number of rotatable bonds is 11. The highest BCUT2D eigenvalue weighted by Gasteiger charge is 2.25. The summed E-state index contributed by atoms with van der Waals surface area (Å²) in [6, 6.07) is 40.0. The van der Waals surface area contributed by atoms with Gasteiger partial charge in [-0.1, -0.05) is 225 Å². The number of fused-ring (bicyclic) bond motifs is 9. The lowest BCUT2D eigenvalue weighted by Crippen LogP contribution is -2.09. The molecule has 0 radical (unpaired) electrons. The zero-order valence-corrected chi connectivity index (χ0v) is 50.8. The highest BCUT2D eigenvalue weighted by atomic mass is 79.9. The van der Waals surface area contributed by atoms with Gasteiger partial charge in [-0.2, -0.15) is 0 Å². The van der Waals surface area contributed by atoms with Crippen LogP contribution in [-0.2, 0) is 17.6 Å². The molecule has 0 fully saturated rings. The van der Waals surface area contributed by atoms with Crippen LogP contribution in [0.1, 0.15) is 215 Å². The van der Waals surface area contributed by atoms with E-state index in [0.29, 0.717) is 41.3 Å². The summed E-state index contributed by atoms with van der Waals surface area (Å²) in [6.07, 6.45) is 5.22. The fraction of sp³-hybridized carbons (Fsp3) is 0.414. The normalized spacial score (nSPS) is 12.8. The largest absolute Gasteiger partial charge is 0.383 e. The highest BCUT2D eigenvalue weighted by Crippen LogP contribution is 2.43. The third-order valence-electron chi connectivity index (χ3n) is 14.7. The number of nitrogens with zero attached hydrogens (tertiary/aromatic N) is 3. The lowest BCUT2D eigenvalue weighted by molar-refractivity contribution is -0.107. The second-order valence-electron chi connectivity index (χ2n) is 25.7. The number of aldehydes is 1. The van der Waals surface area contributed by atoms with E-state index in [1.807, 2.05) is 12.1 Å². The van der Waals surface area contributed by atoms with Crippen LogP contribution in [0.4, 0.5) is 5.82 Å². The van der Waals surface area contributed by atoms with E-state index in [4.69, 9.17) is 10.7 Å². The quantitative estimate of drug-likeness (QED) is 0.0796. The number of anilines is 1. The first-order valence-electron chi connectivity index (χ1n) is 28.0. The summed E-state index contributed by atoms with van der Waals surface area (Å²) in [5.41, 5.74) is 24.5. The molecule has 2 N–H and O–H groups in total. The van der Waals surface area contributed by atoms with E-state index in [-0.39, 0.29) is 15.7 Å². The summed E-state index contributed by atoms with van der Waals surface area (Å²) in [7, 11) is 0. The smallest absolute Gasteiger partial charge is 0.145 e. The van der Waals surface area contributed by atoms with Gasteiger partial charge in [-0.3, -0.25) is 4.40 Å². The van der Waals surface area contributed by atoms with Crippen LogP contribution < -0.4 is 5.73 Å². The third-order valence-corrected chi connectivity index (χ3v) is 15.4. The van der Waals surface area contributed by atoms with Crippen molar-refractivity contribution in [3.8, 4) is 11.3 Å². The first-order chi connectivity index (χ1) is 35.7. The molecule has 0 aliphatic heterocycles. The van der Waals surface area contributed by atoms with Gasteiger partial charge in [0.1, 0.15) is 17.8 Å². The Balaban J connectivity index is 0.000000182. The molecule has 3 heterocycles. The Morgan fingerprint density at radius 1 is 0.526 bits per heavy atom. The van der Waals surface area contributed by atoms with E-state index in [0.717, 1.165) is 35.7 Å². The van der Waals surface area contributed by atoms with Crippen LogP contribution in [0, 0.1) is 10.8 Å². The minimum Gasteiger partial charge on any atom is -0.383 e. The Bertz CT molecular complexity index is 3460. The van der Waals surface area contributed by atoms with Crippen LogP contribution >= 0.6 is 15.9 Å². The molecular weight excluding hydrogens is 993 g/mol. The number of halogens is 1. The number of carbonyl (C=O) groups excluding carboxylic acids is 1. The molecule has 5 nitrogen and oxygen atoms in total. The summed E-state index contributed by atoms with van der Waals surface area (Å²) >= 11 is 3.52. The van der Waals surface area contributed by atoms with Crippen LogP contribution in [0.25, 0.3) is 60.3 Å². The molecule has 9 rings (SSSR count). The predicted octanol–water partition coefficient (Wildman–Crippen LogP) is 20.5. The molecule has 6 heteroatoms. The van der Waals surface area contributed by atoms with Crippen LogP contribution in [-0.4, -0.2) is 20.7 Å². The van der Waals surface area contributed by atoms with Gasteiger partial charge >= 0.3 is 0 Å². The number of alkyl halides is 1. The number of nitrogens with two attached hydrogens (primary N) is 1. The Morgan fingerprint density at radius 2 is 0.961 bits per heavy atom. The average molecular weight is 1080 g/mol. The Hall–Kier alpha value is -5.85. The van der Waals surface area contributed by atoms with Gasteiger partial charge < -0.3 is 10.5 Å². The van der Waals surface area contributed by atoms with Gasteiger partial charge in [-0.15, -0.1) is 0 Å². The molecule has 0 saturated heterocycles. The Labute approximate surface area is 464 Å². The zero-order valence-electron chi connectivity index (χ0n) is 49.2. The van der Waals surface area contributed by atoms with Gasteiger partial charge in [0.05, 0.1) is 27.8 Å². The maximum atomic E-state index is 11.2. The van der Waals surface area contributed by atoms with Crippen molar-refractivity contribution in [2.24, 2.45) is 10.8 Å². The molecule has 0 aliphatic carbocycles. The summed E-state index contributed by atoms with van der Waals surface area (Å²) < 4.78 is 2.43. The van der Waals surface area contributed by atoms with Crippen LogP contribution in [0.15, 0.2) is 115 Å². The third kappa shape index (κ3) is 12.8. The maximum Gasteiger partial charge on any atom is 0.145 e. The van der Waals surface area contributed by atoms with E-state index in [2.05, 4.69) is 253 Å². The van der Waals surface area contributed by atoms with Crippen molar-refractivity contribution in [2.45, 2.75) is 178 Å². The van der Waals surface area contributed by atoms with E-state index in [1.165, 1.54) is 93.8 Å². The molecule has 1 atom stereocenters. The molecule has 0 amide bonds. The summed E-state index contributed by atoms with van der Waals surface area (Å²) in [4.78, 5) is 20.6. The van der Waals surface area contributed by atoms with Gasteiger partial charge in [-0.05, 0) is 144 Å². The van der Waals surface area contributed by atoms with Crippen LogP contribution in [0.2, 0.25) is 0 Å². The number of nitrogen functional groups attached to an aromatic ring is 1. The first kappa shape index (κ1) is 57.8. The fourth-order valence-electron chi connectivity index (χ4n) is 11.0. The summed E-state index contributed by atoms with van der Waals surface area (Å²) in [5, 5.41) is 7.21. The summed E-state index contributed by atoms with van der Waals surface area (Å²) in [5.74, 6) is 3.30. The Morgan fingerprint density at radius 3 is 1.42 bits per heavy atom. The Kier molecular flexibility index (Phi) is 17.8. The average Bonchev–Trinajstić information content (AvgIpc) is 3.80. The molecule has 0 spiro atoms. The lowest BCUT2D eigenvalue weighted by Gasteiger charge is -2.24. The number of pyridine rings is 2. The second kappa shape index (κ2) is 23.4. The highest BCUT2D eigenvalue weighted by molar-refractivity contribution is 9.09. The molecule has 6 aromatic carbocycles. The molecule has 76 heavy (non-hydrogen) atoms. The van der Waals surface area contributed by atoms with Gasteiger partial charge in [0.2, 0.25) is 0 Å². The molecule has 0 aliphatic rings.